The first-order valence-corrected chi connectivity index (χ1v) is 9.44. The van der Waals surface area contributed by atoms with E-state index in [1.807, 2.05) is 0 Å². The number of hydrogen-bond acceptors (Lipinski definition) is 10. The zero-order valence-electron chi connectivity index (χ0n) is 16.1. The molecule has 2 aromatic heterocycles. The van der Waals surface area contributed by atoms with E-state index in [1.54, 1.807) is 19.1 Å². The normalized spacial score (nSPS) is 26.0. The van der Waals surface area contributed by atoms with Crippen molar-refractivity contribution >= 4 is 17.0 Å². The zero-order valence-corrected chi connectivity index (χ0v) is 16.1. The Kier molecular flexibility index (Phi) is 5.54. The lowest BCUT2D eigenvalue weighted by Gasteiger charge is -2.21. The van der Waals surface area contributed by atoms with Crippen LogP contribution in [0.1, 0.15) is 24.8 Å². The number of aromatic nitrogens is 4. The Hall–Kier alpha value is -2.83. The molecule has 11 heteroatoms. The van der Waals surface area contributed by atoms with Crippen molar-refractivity contribution in [3.8, 4) is 5.75 Å². The standard InChI is InChI=1S/C19H23N5O6/c1-9(14(27)10-3-2-4-11(26)5-10)23-17-13-18(21-7-20-17)24(8-22-13)19-16(29)15(28)12(6-25)30-19/h2-5,7-9,12,14-16,19,25-29H,6H2,1H3,(H,20,21,23). The van der Waals surface area contributed by atoms with E-state index in [9.17, 15) is 25.5 Å². The number of benzene rings is 1. The second-order valence-electron chi connectivity index (χ2n) is 7.25. The number of rotatable bonds is 6. The predicted molar refractivity (Wildman–Crippen MR) is 104 cm³/mol. The highest BCUT2D eigenvalue weighted by molar-refractivity contribution is 5.82. The van der Waals surface area contributed by atoms with Gasteiger partial charge in [-0.3, -0.25) is 4.57 Å². The van der Waals surface area contributed by atoms with Gasteiger partial charge in [0.2, 0.25) is 0 Å². The van der Waals surface area contributed by atoms with Gasteiger partial charge in [0.05, 0.1) is 25.1 Å². The first kappa shape index (κ1) is 20.4. The molecule has 30 heavy (non-hydrogen) atoms. The van der Waals surface area contributed by atoms with Gasteiger partial charge in [0, 0.05) is 0 Å². The molecule has 6 N–H and O–H groups in total. The maximum Gasteiger partial charge on any atom is 0.167 e. The number of phenols is 1. The SMILES string of the molecule is CC(Nc1ncnc2c1ncn2C1OC(CO)C(O)C1O)C(O)c1cccc(O)c1. The summed E-state index contributed by atoms with van der Waals surface area (Å²) < 4.78 is 7.00. The van der Waals surface area contributed by atoms with E-state index in [0.29, 0.717) is 22.5 Å². The van der Waals surface area contributed by atoms with Crippen LogP contribution in [0.2, 0.25) is 0 Å². The first-order valence-electron chi connectivity index (χ1n) is 9.44. The molecule has 0 aliphatic carbocycles. The lowest BCUT2D eigenvalue weighted by molar-refractivity contribution is -0.0511. The molecule has 3 aromatic rings. The number of fused-ring (bicyclic) bond motifs is 1. The molecule has 6 atom stereocenters. The molecule has 160 valence electrons. The van der Waals surface area contributed by atoms with Crippen LogP contribution in [0.25, 0.3) is 11.2 Å². The molecule has 6 unspecified atom stereocenters. The van der Waals surface area contributed by atoms with Crippen LogP contribution in [0.5, 0.6) is 5.75 Å². The average molecular weight is 417 g/mol. The third-order valence-electron chi connectivity index (χ3n) is 5.20. The number of hydrogen-bond donors (Lipinski definition) is 6. The third-order valence-corrected chi connectivity index (χ3v) is 5.20. The smallest absolute Gasteiger partial charge is 0.167 e. The number of nitrogens with one attached hydrogen (secondary N) is 1. The number of anilines is 1. The van der Waals surface area contributed by atoms with Crippen molar-refractivity contribution in [3.05, 3.63) is 42.5 Å². The summed E-state index contributed by atoms with van der Waals surface area (Å²) in [4.78, 5) is 12.7. The van der Waals surface area contributed by atoms with Crippen LogP contribution in [-0.4, -0.2) is 76.0 Å². The molecule has 0 amide bonds. The fourth-order valence-corrected chi connectivity index (χ4v) is 3.55. The van der Waals surface area contributed by atoms with Crippen molar-refractivity contribution in [1.82, 2.24) is 19.5 Å². The highest BCUT2D eigenvalue weighted by atomic mass is 16.6. The first-order chi connectivity index (χ1) is 14.4. The van der Waals surface area contributed by atoms with Gasteiger partial charge < -0.3 is 35.6 Å². The van der Waals surface area contributed by atoms with E-state index in [1.165, 1.54) is 29.4 Å². The second kappa shape index (κ2) is 8.13. The number of phenolic OH excluding ortho intramolecular Hbond substituents is 1. The van der Waals surface area contributed by atoms with Crippen molar-refractivity contribution < 1.29 is 30.3 Å². The Morgan fingerprint density at radius 2 is 2.00 bits per heavy atom. The Balaban J connectivity index is 1.59. The van der Waals surface area contributed by atoms with Crippen molar-refractivity contribution in [2.45, 2.75) is 43.6 Å². The van der Waals surface area contributed by atoms with Gasteiger partial charge >= 0.3 is 0 Å². The highest BCUT2D eigenvalue weighted by Crippen LogP contribution is 2.32. The van der Waals surface area contributed by atoms with Crippen LogP contribution < -0.4 is 5.32 Å². The molecule has 1 fully saturated rings. The van der Waals surface area contributed by atoms with Crippen LogP contribution in [-0.2, 0) is 4.74 Å². The minimum atomic E-state index is -1.27. The largest absolute Gasteiger partial charge is 0.508 e. The summed E-state index contributed by atoms with van der Waals surface area (Å²) in [5, 5.41) is 52.9. The van der Waals surface area contributed by atoms with Crippen molar-refractivity contribution in [1.29, 1.82) is 0 Å². The molecule has 1 aliphatic rings. The topological polar surface area (TPSA) is 166 Å². The number of aromatic hydroxyl groups is 1. The second-order valence-corrected chi connectivity index (χ2v) is 7.25. The van der Waals surface area contributed by atoms with Gasteiger partial charge in [-0.25, -0.2) is 15.0 Å². The summed E-state index contributed by atoms with van der Waals surface area (Å²) in [7, 11) is 0. The van der Waals surface area contributed by atoms with Gasteiger partial charge in [-0.2, -0.15) is 0 Å². The van der Waals surface area contributed by atoms with E-state index in [-0.39, 0.29) is 5.75 Å². The van der Waals surface area contributed by atoms with Crippen molar-refractivity contribution in [2.24, 2.45) is 0 Å². The van der Waals surface area contributed by atoms with Crippen LogP contribution in [0, 0.1) is 0 Å². The molecule has 11 nitrogen and oxygen atoms in total. The Bertz CT molecular complexity index is 1030. The van der Waals surface area contributed by atoms with Gasteiger partial charge in [0.15, 0.2) is 23.2 Å². The average Bonchev–Trinajstić information content (AvgIpc) is 3.29. The van der Waals surface area contributed by atoms with Crippen LogP contribution in [0.3, 0.4) is 0 Å². The molecule has 3 heterocycles. The van der Waals surface area contributed by atoms with Gasteiger partial charge in [-0.1, -0.05) is 12.1 Å². The summed E-state index contributed by atoms with van der Waals surface area (Å²) in [5.41, 5.74) is 1.27. The predicted octanol–water partition coefficient (Wildman–Crippen LogP) is -0.323. The van der Waals surface area contributed by atoms with Gasteiger partial charge in [0.1, 0.15) is 30.4 Å². The summed E-state index contributed by atoms with van der Waals surface area (Å²) in [6.45, 7) is 1.32. The van der Waals surface area contributed by atoms with Crippen molar-refractivity contribution in [3.63, 3.8) is 0 Å². The molecule has 1 aliphatic heterocycles. The Morgan fingerprint density at radius 3 is 2.70 bits per heavy atom. The molecule has 1 saturated heterocycles. The summed E-state index contributed by atoms with van der Waals surface area (Å²) in [5.74, 6) is 0.414. The zero-order chi connectivity index (χ0) is 21.4. The van der Waals surface area contributed by atoms with Gasteiger partial charge in [0.25, 0.3) is 0 Å². The fourth-order valence-electron chi connectivity index (χ4n) is 3.55. The molecular formula is C19H23N5O6. The number of ether oxygens (including phenoxy) is 1. The maximum absolute atomic E-state index is 10.6. The minimum Gasteiger partial charge on any atom is -0.508 e. The number of aliphatic hydroxyl groups is 4. The Labute approximate surface area is 171 Å². The van der Waals surface area contributed by atoms with Crippen LogP contribution in [0.15, 0.2) is 36.9 Å². The molecule has 0 bridgehead atoms. The lowest BCUT2D eigenvalue weighted by atomic mass is 10.0. The Morgan fingerprint density at radius 1 is 1.20 bits per heavy atom. The van der Waals surface area contributed by atoms with Gasteiger partial charge in [-0.05, 0) is 24.6 Å². The van der Waals surface area contributed by atoms with Crippen molar-refractivity contribution in [2.75, 3.05) is 11.9 Å². The summed E-state index contributed by atoms with van der Waals surface area (Å²) in [6, 6.07) is 5.87. The third kappa shape index (κ3) is 3.57. The van der Waals surface area contributed by atoms with E-state index < -0.39 is 43.3 Å². The molecular weight excluding hydrogens is 394 g/mol. The highest BCUT2D eigenvalue weighted by Gasteiger charge is 2.44. The lowest BCUT2D eigenvalue weighted by Crippen LogP contribution is -2.33. The van der Waals surface area contributed by atoms with Gasteiger partial charge in [-0.15, -0.1) is 0 Å². The van der Waals surface area contributed by atoms with E-state index >= 15 is 0 Å². The number of nitrogens with zero attached hydrogens (tertiary/aromatic N) is 4. The van der Waals surface area contributed by atoms with Crippen LogP contribution >= 0.6 is 0 Å². The number of imidazole rings is 1. The maximum atomic E-state index is 10.6. The minimum absolute atomic E-state index is 0.0559. The van der Waals surface area contributed by atoms with E-state index in [2.05, 4.69) is 20.3 Å². The fraction of sp³-hybridized carbons (Fsp3) is 0.421. The molecule has 0 spiro atoms. The molecule has 0 radical (unpaired) electrons. The summed E-state index contributed by atoms with van der Waals surface area (Å²) >= 11 is 0. The molecule has 4 rings (SSSR count). The van der Waals surface area contributed by atoms with E-state index in [0.717, 1.165) is 0 Å². The monoisotopic (exact) mass is 417 g/mol. The molecule has 0 saturated carbocycles. The summed E-state index contributed by atoms with van der Waals surface area (Å²) in [6.07, 6.45) is -2.62. The van der Waals surface area contributed by atoms with Crippen LogP contribution in [0.4, 0.5) is 5.82 Å². The molecule has 1 aromatic carbocycles. The quantitative estimate of drug-likeness (QED) is 0.313. The van der Waals surface area contributed by atoms with E-state index in [4.69, 9.17) is 4.74 Å². The number of aliphatic hydroxyl groups excluding tert-OH is 4.